The average Bonchev–Trinajstić information content (AvgIpc) is 2.80. The number of esters is 1. The fourth-order valence-corrected chi connectivity index (χ4v) is 3.65. The van der Waals surface area contributed by atoms with E-state index in [1.807, 2.05) is 20.8 Å². The minimum absolute atomic E-state index is 0.247. The molecule has 7 heteroatoms. The van der Waals surface area contributed by atoms with Crippen LogP contribution in [0.3, 0.4) is 0 Å². The largest absolute Gasteiger partial charge is 0.467 e. The predicted octanol–water partition coefficient (Wildman–Crippen LogP) is 2.78. The molecular weight excluding hydrogens is 344 g/mol. The van der Waals surface area contributed by atoms with Gasteiger partial charge in [0.1, 0.15) is 17.4 Å². The predicted molar refractivity (Wildman–Crippen MR) is 103 cm³/mol. The van der Waals surface area contributed by atoms with Gasteiger partial charge in [-0.2, -0.15) is 0 Å². The number of carbonyl (C=O) groups is 2. The van der Waals surface area contributed by atoms with Crippen molar-refractivity contribution in [3.8, 4) is 0 Å². The Labute approximate surface area is 159 Å². The Morgan fingerprint density at radius 2 is 2.04 bits per heavy atom. The van der Waals surface area contributed by atoms with Gasteiger partial charge in [-0.15, -0.1) is 0 Å². The van der Waals surface area contributed by atoms with E-state index >= 15 is 0 Å². The molecule has 0 saturated heterocycles. The Balaban J connectivity index is 1.97. The van der Waals surface area contributed by atoms with Crippen LogP contribution in [-0.2, 0) is 22.5 Å². The zero-order chi connectivity index (χ0) is 19.6. The summed E-state index contributed by atoms with van der Waals surface area (Å²) in [5.41, 5.74) is 2.60. The highest BCUT2D eigenvalue weighted by Gasteiger charge is 2.26. The first-order chi connectivity index (χ1) is 12.9. The second-order valence-electron chi connectivity index (χ2n) is 7.65. The standard InChI is InChI=1S/C20H28N4O3/c1-12(2)10-15(20(26)27-4)22-19(25)14-11-13(3)21-18-17(14)23-16-8-6-5-7-9-24(16)18/h11-12,15H,5-10H2,1-4H3,(H,22,25). The third-order valence-corrected chi connectivity index (χ3v) is 4.94. The summed E-state index contributed by atoms with van der Waals surface area (Å²) < 4.78 is 6.99. The molecule has 1 unspecified atom stereocenters. The SMILES string of the molecule is COC(=O)C(CC(C)C)NC(=O)c1cc(C)nc2c1nc1n2CCCCC1. The summed E-state index contributed by atoms with van der Waals surface area (Å²) in [5, 5.41) is 2.84. The molecule has 1 amide bonds. The summed E-state index contributed by atoms with van der Waals surface area (Å²) >= 11 is 0. The number of hydrogen-bond donors (Lipinski definition) is 1. The smallest absolute Gasteiger partial charge is 0.328 e. The maximum absolute atomic E-state index is 13.0. The normalized spacial score (nSPS) is 15.3. The number of rotatable bonds is 5. The van der Waals surface area contributed by atoms with Crippen LogP contribution >= 0.6 is 0 Å². The Morgan fingerprint density at radius 3 is 2.74 bits per heavy atom. The lowest BCUT2D eigenvalue weighted by Crippen LogP contribution is -2.42. The van der Waals surface area contributed by atoms with Gasteiger partial charge in [-0.3, -0.25) is 4.79 Å². The third kappa shape index (κ3) is 4.12. The molecule has 1 aliphatic heterocycles. The van der Waals surface area contributed by atoms with Gasteiger partial charge in [-0.25, -0.2) is 14.8 Å². The number of fused-ring (bicyclic) bond motifs is 3. The molecule has 2 aromatic rings. The zero-order valence-corrected chi connectivity index (χ0v) is 16.5. The van der Waals surface area contributed by atoms with E-state index in [1.54, 1.807) is 6.07 Å². The van der Waals surface area contributed by atoms with Gasteiger partial charge in [0.2, 0.25) is 0 Å². The van der Waals surface area contributed by atoms with Crippen LogP contribution in [-0.4, -0.2) is 39.6 Å². The number of nitrogens with one attached hydrogen (secondary N) is 1. The van der Waals surface area contributed by atoms with Crippen molar-refractivity contribution in [2.45, 2.75) is 65.5 Å². The van der Waals surface area contributed by atoms with Crippen LogP contribution in [0.2, 0.25) is 0 Å². The van der Waals surface area contributed by atoms with Crippen LogP contribution in [0, 0.1) is 12.8 Å². The van der Waals surface area contributed by atoms with Crippen molar-refractivity contribution in [2.75, 3.05) is 7.11 Å². The Bertz CT molecular complexity index is 857. The summed E-state index contributed by atoms with van der Waals surface area (Å²) in [6, 6.07) is 1.07. The quantitative estimate of drug-likeness (QED) is 0.816. The van der Waals surface area contributed by atoms with Gasteiger partial charge >= 0.3 is 5.97 Å². The van der Waals surface area contributed by atoms with Gasteiger partial charge in [0.25, 0.3) is 5.91 Å². The van der Waals surface area contributed by atoms with Crippen LogP contribution in [0.15, 0.2) is 6.07 Å². The molecule has 0 saturated carbocycles. The van der Waals surface area contributed by atoms with Crippen molar-refractivity contribution >= 4 is 23.0 Å². The number of carbonyl (C=O) groups excluding carboxylic acids is 2. The molecule has 1 aliphatic rings. The van der Waals surface area contributed by atoms with Gasteiger partial charge < -0.3 is 14.6 Å². The molecule has 0 bridgehead atoms. The van der Waals surface area contributed by atoms with E-state index in [2.05, 4.69) is 14.9 Å². The van der Waals surface area contributed by atoms with Crippen molar-refractivity contribution < 1.29 is 14.3 Å². The van der Waals surface area contributed by atoms with Crippen LogP contribution < -0.4 is 5.32 Å². The van der Waals surface area contributed by atoms with E-state index in [1.165, 1.54) is 13.5 Å². The van der Waals surface area contributed by atoms with Crippen LogP contribution in [0.25, 0.3) is 11.2 Å². The monoisotopic (exact) mass is 372 g/mol. The lowest BCUT2D eigenvalue weighted by Gasteiger charge is -2.18. The average molecular weight is 372 g/mol. The summed E-state index contributed by atoms with van der Waals surface area (Å²) in [7, 11) is 1.34. The first-order valence-electron chi connectivity index (χ1n) is 9.66. The number of imidazole rings is 1. The van der Waals surface area contributed by atoms with E-state index < -0.39 is 12.0 Å². The minimum Gasteiger partial charge on any atom is -0.467 e. The first-order valence-corrected chi connectivity index (χ1v) is 9.66. The van der Waals surface area contributed by atoms with Crippen LogP contribution in [0.5, 0.6) is 0 Å². The molecule has 7 nitrogen and oxygen atoms in total. The summed E-state index contributed by atoms with van der Waals surface area (Å²) in [5.74, 6) is 0.494. The first kappa shape index (κ1) is 19.3. The highest BCUT2D eigenvalue weighted by atomic mass is 16.5. The van der Waals surface area contributed by atoms with Gasteiger partial charge in [0, 0.05) is 18.7 Å². The molecule has 1 N–H and O–H groups in total. The fraction of sp³-hybridized carbons (Fsp3) is 0.600. The molecule has 0 fully saturated rings. The number of aryl methyl sites for hydroxylation is 3. The summed E-state index contributed by atoms with van der Waals surface area (Å²) in [4.78, 5) is 34.5. The maximum Gasteiger partial charge on any atom is 0.328 e. The number of amides is 1. The second kappa shape index (κ2) is 8.06. The zero-order valence-electron chi connectivity index (χ0n) is 16.5. The van der Waals surface area contributed by atoms with E-state index in [0.717, 1.165) is 43.0 Å². The number of hydrogen-bond acceptors (Lipinski definition) is 5. The van der Waals surface area contributed by atoms with Gasteiger partial charge in [0.05, 0.1) is 12.7 Å². The van der Waals surface area contributed by atoms with Gasteiger partial charge in [-0.05, 0) is 38.2 Å². The molecule has 146 valence electrons. The van der Waals surface area contributed by atoms with Crippen LogP contribution in [0.4, 0.5) is 0 Å². The molecule has 1 atom stereocenters. The topological polar surface area (TPSA) is 86.1 Å². The number of pyridine rings is 1. The van der Waals surface area contributed by atoms with Gasteiger partial charge in [-0.1, -0.05) is 20.3 Å². The molecule has 3 rings (SSSR count). The van der Waals surface area contributed by atoms with Crippen molar-refractivity contribution in [1.29, 1.82) is 0 Å². The maximum atomic E-state index is 13.0. The minimum atomic E-state index is -0.675. The highest BCUT2D eigenvalue weighted by Crippen LogP contribution is 2.24. The second-order valence-corrected chi connectivity index (χ2v) is 7.65. The van der Waals surface area contributed by atoms with Crippen molar-refractivity contribution in [3.63, 3.8) is 0 Å². The molecule has 27 heavy (non-hydrogen) atoms. The molecular formula is C20H28N4O3. The third-order valence-electron chi connectivity index (χ3n) is 4.94. The van der Waals surface area contributed by atoms with Gasteiger partial charge in [0.15, 0.2) is 5.65 Å². The van der Waals surface area contributed by atoms with Crippen LogP contribution in [0.1, 0.15) is 61.4 Å². The molecule has 0 radical (unpaired) electrons. The fourth-order valence-electron chi connectivity index (χ4n) is 3.65. The Hall–Kier alpha value is -2.44. The summed E-state index contributed by atoms with van der Waals surface area (Å²) in [6.07, 6.45) is 4.79. The molecule has 0 aliphatic carbocycles. The number of ether oxygens (including phenoxy) is 1. The van der Waals surface area contributed by atoms with Crippen molar-refractivity contribution in [3.05, 3.63) is 23.1 Å². The summed E-state index contributed by atoms with van der Waals surface area (Å²) in [6.45, 7) is 6.76. The van der Waals surface area contributed by atoms with E-state index in [-0.39, 0.29) is 11.8 Å². The number of aromatic nitrogens is 3. The highest BCUT2D eigenvalue weighted by molar-refractivity contribution is 6.05. The molecule has 3 heterocycles. The lowest BCUT2D eigenvalue weighted by molar-refractivity contribution is -0.143. The Kier molecular flexibility index (Phi) is 5.77. The number of methoxy groups -OCH3 is 1. The molecule has 0 spiro atoms. The molecule has 0 aromatic carbocycles. The van der Waals surface area contributed by atoms with Crippen molar-refractivity contribution in [1.82, 2.24) is 19.9 Å². The van der Waals surface area contributed by atoms with Crippen molar-refractivity contribution in [2.24, 2.45) is 5.92 Å². The Morgan fingerprint density at radius 1 is 1.26 bits per heavy atom. The van der Waals surface area contributed by atoms with E-state index in [4.69, 9.17) is 9.72 Å². The number of nitrogens with zero attached hydrogens (tertiary/aromatic N) is 3. The van der Waals surface area contributed by atoms with E-state index in [9.17, 15) is 9.59 Å². The lowest BCUT2D eigenvalue weighted by atomic mass is 10.0. The molecule has 2 aromatic heterocycles. The van der Waals surface area contributed by atoms with E-state index in [0.29, 0.717) is 17.5 Å².